The van der Waals surface area contributed by atoms with Crippen molar-refractivity contribution in [1.82, 2.24) is 5.32 Å². The van der Waals surface area contributed by atoms with E-state index in [0.717, 1.165) is 29.0 Å². The van der Waals surface area contributed by atoms with Crippen LogP contribution in [0, 0.1) is 0 Å². The Morgan fingerprint density at radius 1 is 1.04 bits per heavy atom. The van der Waals surface area contributed by atoms with Crippen LogP contribution in [0.15, 0.2) is 48.5 Å². The summed E-state index contributed by atoms with van der Waals surface area (Å²) in [5, 5.41) is 2.93. The van der Waals surface area contributed by atoms with Crippen LogP contribution in [-0.2, 0) is 11.2 Å². The van der Waals surface area contributed by atoms with Crippen LogP contribution in [0.5, 0.6) is 11.5 Å². The third-order valence-corrected chi connectivity index (χ3v) is 4.09. The number of ether oxygens (including phenoxy) is 2. The Morgan fingerprint density at radius 2 is 1.72 bits per heavy atom. The number of nitrogens with one attached hydrogen (secondary N) is 1. The highest BCUT2D eigenvalue weighted by Gasteiger charge is 2.16. The minimum Gasteiger partial charge on any atom is -0.497 e. The molecule has 2 aromatic rings. The lowest BCUT2D eigenvalue weighted by Gasteiger charge is -2.18. The molecule has 4 heteroatoms. The van der Waals surface area contributed by atoms with Crippen molar-refractivity contribution in [1.29, 1.82) is 0 Å². The molecule has 0 aliphatic rings. The van der Waals surface area contributed by atoms with Gasteiger partial charge in [0.15, 0.2) is 6.10 Å². The molecule has 134 valence electrons. The third kappa shape index (κ3) is 5.52. The van der Waals surface area contributed by atoms with Crippen molar-refractivity contribution in [2.75, 3.05) is 13.7 Å². The van der Waals surface area contributed by atoms with Gasteiger partial charge >= 0.3 is 0 Å². The van der Waals surface area contributed by atoms with Gasteiger partial charge in [-0.1, -0.05) is 44.2 Å². The summed E-state index contributed by atoms with van der Waals surface area (Å²) in [7, 11) is 1.65. The lowest BCUT2D eigenvalue weighted by atomic mass is 10.0. The molecule has 0 heterocycles. The fourth-order valence-corrected chi connectivity index (χ4v) is 2.57. The first-order chi connectivity index (χ1) is 12.0. The molecule has 0 fully saturated rings. The van der Waals surface area contributed by atoms with Crippen molar-refractivity contribution in [3.05, 3.63) is 59.7 Å². The molecule has 0 unspecified atom stereocenters. The molecule has 0 spiro atoms. The normalized spacial score (nSPS) is 11.9. The maximum Gasteiger partial charge on any atom is 0.260 e. The van der Waals surface area contributed by atoms with Gasteiger partial charge in [0.1, 0.15) is 11.5 Å². The van der Waals surface area contributed by atoms with Crippen LogP contribution in [0.2, 0.25) is 0 Å². The van der Waals surface area contributed by atoms with Crippen LogP contribution >= 0.6 is 0 Å². The zero-order chi connectivity index (χ0) is 18.2. The number of carbonyl (C=O) groups is 1. The van der Waals surface area contributed by atoms with Gasteiger partial charge in [-0.15, -0.1) is 0 Å². The monoisotopic (exact) mass is 341 g/mol. The molecule has 0 radical (unpaired) electrons. The number of hydrogen-bond acceptors (Lipinski definition) is 3. The maximum absolute atomic E-state index is 12.3. The van der Waals surface area contributed by atoms with E-state index in [2.05, 4.69) is 19.2 Å². The van der Waals surface area contributed by atoms with Crippen LogP contribution < -0.4 is 14.8 Å². The van der Waals surface area contributed by atoms with Gasteiger partial charge in [-0.05, 0) is 48.6 Å². The maximum atomic E-state index is 12.3. The first-order valence-electron chi connectivity index (χ1n) is 8.67. The van der Waals surface area contributed by atoms with Crippen molar-refractivity contribution in [3.8, 4) is 11.5 Å². The van der Waals surface area contributed by atoms with Crippen LogP contribution in [0.25, 0.3) is 0 Å². The summed E-state index contributed by atoms with van der Waals surface area (Å²) >= 11 is 0. The van der Waals surface area contributed by atoms with E-state index >= 15 is 0 Å². The van der Waals surface area contributed by atoms with Gasteiger partial charge in [-0.25, -0.2) is 0 Å². The van der Waals surface area contributed by atoms with Gasteiger partial charge in [0, 0.05) is 6.54 Å². The molecule has 0 aliphatic carbocycles. The van der Waals surface area contributed by atoms with Crippen molar-refractivity contribution >= 4 is 5.91 Å². The van der Waals surface area contributed by atoms with E-state index in [1.807, 2.05) is 48.5 Å². The van der Waals surface area contributed by atoms with Crippen molar-refractivity contribution in [3.63, 3.8) is 0 Å². The van der Waals surface area contributed by atoms with E-state index in [9.17, 15) is 4.79 Å². The molecule has 1 N–H and O–H groups in total. The standard InChI is InChI=1S/C21H27NO3/c1-15(2)19-7-5-6-8-20(19)25-16(3)21(23)22-14-13-17-9-11-18(24-4)12-10-17/h5-12,15-16H,13-14H2,1-4H3,(H,22,23)/t16-/m1/s1. The second kappa shape index (κ2) is 9.11. The molecule has 0 aliphatic heterocycles. The second-order valence-corrected chi connectivity index (χ2v) is 6.34. The van der Waals surface area contributed by atoms with E-state index in [1.165, 1.54) is 0 Å². The lowest BCUT2D eigenvalue weighted by Crippen LogP contribution is -2.37. The third-order valence-electron chi connectivity index (χ3n) is 4.09. The Labute approximate surface area is 150 Å². The quantitative estimate of drug-likeness (QED) is 0.791. The lowest BCUT2D eigenvalue weighted by molar-refractivity contribution is -0.127. The molecule has 25 heavy (non-hydrogen) atoms. The Hall–Kier alpha value is -2.49. The SMILES string of the molecule is COc1ccc(CCNC(=O)[C@@H](C)Oc2ccccc2C(C)C)cc1. The van der Waals surface area contributed by atoms with Crippen molar-refractivity contribution in [2.45, 2.75) is 39.2 Å². The molecule has 1 amide bonds. The molecule has 0 bridgehead atoms. The number of methoxy groups -OCH3 is 1. The Morgan fingerprint density at radius 3 is 2.36 bits per heavy atom. The summed E-state index contributed by atoms with van der Waals surface area (Å²) < 4.78 is 11.0. The van der Waals surface area contributed by atoms with Crippen molar-refractivity contribution in [2.24, 2.45) is 0 Å². The topological polar surface area (TPSA) is 47.6 Å². The van der Waals surface area contributed by atoms with E-state index in [-0.39, 0.29) is 5.91 Å². The smallest absolute Gasteiger partial charge is 0.260 e. The predicted octanol–water partition coefficient (Wildman–Crippen LogP) is 3.94. The molecular formula is C21H27NO3. The molecular weight excluding hydrogens is 314 g/mol. The minimum atomic E-state index is -0.532. The van der Waals surface area contributed by atoms with Gasteiger partial charge in [-0.2, -0.15) is 0 Å². The summed E-state index contributed by atoms with van der Waals surface area (Å²) in [6, 6.07) is 15.7. The number of rotatable bonds is 8. The van der Waals surface area contributed by atoms with E-state index in [4.69, 9.17) is 9.47 Å². The highest BCUT2D eigenvalue weighted by atomic mass is 16.5. The fourth-order valence-electron chi connectivity index (χ4n) is 2.57. The fraction of sp³-hybridized carbons (Fsp3) is 0.381. The van der Waals surface area contributed by atoms with E-state index in [0.29, 0.717) is 12.5 Å². The van der Waals surface area contributed by atoms with Gasteiger partial charge < -0.3 is 14.8 Å². The molecule has 0 saturated carbocycles. The van der Waals surface area contributed by atoms with Gasteiger partial charge in [0.25, 0.3) is 5.91 Å². The van der Waals surface area contributed by atoms with Gasteiger partial charge in [-0.3, -0.25) is 4.79 Å². The molecule has 1 atom stereocenters. The van der Waals surface area contributed by atoms with Crippen molar-refractivity contribution < 1.29 is 14.3 Å². The molecule has 2 rings (SSSR count). The minimum absolute atomic E-state index is 0.105. The molecule has 0 aromatic heterocycles. The van der Waals surface area contributed by atoms with Gasteiger partial charge in [0.05, 0.1) is 7.11 Å². The molecule has 0 saturated heterocycles. The van der Waals surface area contributed by atoms with Crippen LogP contribution in [0.1, 0.15) is 37.8 Å². The first kappa shape index (κ1) is 18.8. The summed E-state index contributed by atoms with van der Waals surface area (Å²) in [5.41, 5.74) is 2.26. The zero-order valence-electron chi connectivity index (χ0n) is 15.4. The summed E-state index contributed by atoms with van der Waals surface area (Å²) in [4.78, 5) is 12.3. The largest absolute Gasteiger partial charge is 0.497 e. The van der Waals surface area contributed by atoms with Gasteiger partial charge in [0.2, 0.25) is 0 Å². The summed E-state index contributed by atoms with van der Waals surface area (Å²) in [6.45, 7) is 6.58. The second-order valence-electron chi connectivity index (χ2n) is 6.34. The Balaban J connectivity index is 1.84. The average Bonchev–Trinajstić information content (AvgIpc) is 2.62. The number of hydrogen-bond donors (Lipinski definition) is 1. The zero-order valence-corrected chi connectivity index (χ0v) is 15.4. The summed E-state index contributed by atoms with van der Waals surface area (Å²) in [6.07, 6.45) is 0.237. The number of para-hydroxylation sites is 1. The first-order valence-corrected chi connectivity index (χ1v) is 8.67. The highest BCUT2D eigenvalue weighted by molar-refractivity contribution is 5.80. The van der Waals surface area contributed by atoms with Crippen LogP contribution in [-0.4, -0.2) is 25.7 Å². The number of carbonyl (C=O) groups excluding carboxylic acids is 1. The predicted molar refractivity (Wildman–Crippen MR) is 100 cm³/mol. The van der Waals surface area contributed by atoms with E-state index < -0.39 is 6.10 Å². The Kier molecular flexibility index (Phi) is 6.87. The molecule has 4 nitrogen and oxygen atoms in total. The van der Waals surface area contributed by atoms with Crippen LogP contribution in [0.3, 0.4) is 0 Å². The molecule has 2 aromatic carbocycles. The van der Waals surface area contributed by atoms with E-state index in [1.54, 1.807) is 14.0 Å². The number of amides is 1. The Bertz CT molecular complexity index is 680. The van der Waals surface area contributed by atoms with Crippen LogP contribution in [0.4, 0.5) is 0 Å². The number of benzene rings is 2. The summed E-state index contributed by atoms with van der Waals surface area (Å²) in [5.74, 6) is 1.85. The average molecular weight is 341 g/mol. The highest BCUT2D eigenvalue weighted by Crippen LogP contribution is 2.26.